The predicted octanol–water partition coefficient (Wildman–Crippen LogP) is 4.86. The maximum absolute atomic E-state index is 13.6. The fourth-order valence-corrected chi connectivity index (χ4v) is 2.67. The van der Waals surface area contributed by atoms with Gasteiger partial charge in [-0.2, -0.15) is 0 Å². The average molecular weight is 345 g/mol. The first-order chi connectivity index (χ1) is 11.6. The zero-order chi connectivity index (χ0) is 16.9. The summed E-state index contributed by atoms with van der Waals surface area (Å²) in [6.45, 7) is 0.476. The van der Waals surface area contributed by atoms with Crippen LogP contribution in [-0.2, 0) is 6.61 Å². The molecule has 3 aromatic rings. The molecule has 0 aliphatic rings. The van der Waals surface area contributed by atoms with Crippen LogP contribution >= 0.6 is 11.3 Å². The summed E-state index contributed by atoms with van der Waals surface area (Å²) in [6.07, 6.45) is 0. The summed E-state index contributed by atoms with van der Waals surface area (Å²) in [7, 11) is 0. The topological polar surface area (TPSA) is 38.3 Å². The Balaban J connectivity index is 1.62. The number of amides is 1. The molecule has 6 heteroatoms. The van der Waals surface area contributed by atoms with Gasteiger partial charge < -0.3 is 10.1 Å². The number of nitrogens with one attached hydrogen (secondary N) is 1. The van der Waals surface area contributed by atoms with Gasteiger partial charge in [-0.25, -0.2) is 8.78 Å². The summed E-state index contributed by atoms with van der Waals surface area (Å²) in [6, 6.07) is 13.5. The molecule has 1 aromatic heterocycles. The molecule has 1 heterocycles. The third kappa shape index (κ3) is 3.97. The van der Waals surface area contributed by atoms with Gasteiger partial charge in [0.05, 0.1) is 5.56 Å². The molecule has 2 aromatic carbocycles. The van der Waals surface area contributed by atoms with Crippen LogP contribution in [0.4, 0.5) is 14.5 Å². The highest BCUT2D eigenvalue weighted by Crippen LogP contribution is 2.19. The third-order valence-electron chi connectivity index (χ3n) is 3.25. The Labute approximate surface area is 141 Å². The summed E-state index contributed by atoms with van der Waals surface area (Å²) in [4.78, 5) is 13.1. The molecule has 0 bridgehead atoms. The highest BCUT2D eigenvalue weighted by molar-refractivity contribution is 7.09. The number of halogens is 2. The summed E-state index contributed by atoms with van der Waals surface area (Å²) >= 11 is 1.61. The Kier molecular flexibility index (Phi) is 4.86. The molecule has 0 saturated heterocycles. The maximum Gasteiger partial charge on any atom is 0.258 e. The highest BCUT2D eigenvalue weighted by atomic mass is 32.1. The number of thiophene rings is 1. The van der Waals surface area contributed by atoms with E-state index >= 15 is 0 Å². The first kappa shape index (κ1) is 16.1. The van der Waals surface area contributed by atoms with Crippen molar-refractivity contribution in [2.24, 2.45) is 0 Å². The van der Waals surface area contributed by atoms with Gasteiger partial charge >= 0.3 is 0 Å². The average Bonchev–Trinajstić information content (AvgIpc) is 3.07. The van der Waals surface area contributed by atoms with Crippen LogP contribution in [-0.4, -0.2) is 5.91 Å². The quantitative estimate of drug-likeness (QED) is 0.717. The van der Waals surface area contributed by atoms with Gasteiger partial charge in [0.2, 0.25) is 0 Å². The number of anilines is 1. The van der Waals surface area contributed by atoms with E-state index in [0.29, 0.717) is 24.1 Å². The van der Waals surface area contributed by atoms with Crippen LogP contribution < -0.4 is 10.1 Å². The zero-order valence-electron chi connectivity index (χ0n) is 12.5. The predicted molar refractivity (Wildman–Crippen MR) is 89.4 cm³/mol. The van der Waals surface area contributed by atoms with E-state index < -0.39 is 17.5 Å². The van der Waals surface area contributed by atoms with Crippen molar-refractivity contribution in [3.63, 3.8) is 0 Å². The van der Waals surface area contributed by atoms with Crippen molar-refractivity contribution in [2.75, 3.05) is 5.32 Å². The van der Waals surface area contributed by atoms with Crippen LogP contribution in [0.25, 0.3) is 0 Å². The number of hydrogen-bond donors (Lipinski definition) is 1. The van der Waals surface area contributed by atoms with Crippen molar-refractivity contribution in [1.29, 1.82) is 0 Å². The maximum atomic E-state index is 13.6. The first-order valence-corrected chi connectivity index (χ1v) is 8.01. The normalized spacial score (nSPS) is 10.4. The van der Waals surface area contributed by atoms with Gasteiger partial charge in [-0.15, -0.1) is 11.3 Å². The smallest absolute Gasteiger partial charge is 0.258 e. The van der Waals surface area contributed by atoms with Crippen molar-refractivity contribution in [1.82, 2.24) is 0 Å². The Morgan fingerprint density at radius 2 is 1.88 bits per heavy atom. The van der Waals surface area contributed by atoms with Crippen LogP contribution in [0.5, 0.6) is 5.75 Å². The standard InChI is InChI=1S/C18H13F2NO2S/c19-12-3-8-16(17(20)10-12)18(22)21-13-4-6-14(7-5-13)23-11-15-2-1-9-24-15/h1-10H,11H2,(H,21,22). The number of carbonyl (C=O) groups excluding carboxylic acids is 1. The summed E-state index contributed by atoms with van der Waals surface area (Å²) < 4.78 is 32.1. The molecule has 0 saturated carbocycles. The lowest BCUT2D eigenvalue weighted by Crippen LogP contribution is -2.13. The van der Waals surface area contributed by atoms with Crippen molar-refractivity contribution >= 4 is 22.9 Å². The monoisotopic (exact) mass is 345 g/mol. The number of rotatable bonds is 5. The van der Waals surface area contributed by atoms with Crippen LogP contribution in [0.2, 0.25) is 0 Å². The highest BCUT2D eigenvalue weighted by Gasteiger charge is 2.12. The van der Waals surface area contributed by atoms with E-state index in [2.05, 4.69) is 5.32 Å². The lowest BCUT2D eigenvalue weighted by Gasteiger charge is -2.08. The Hall–Kier alpha value is -2.73. The summed E-state index contributed by atoms with van der Waals surface area (Å²) in [5, 5.41) is 4.54. The molecular weight excluding hydrogens is 332 g/mol. The number of hydrogen-bond acceptors (Lipinski definition) is 3. The Morgan fingerprint density at radius 3 is 2.54 bits per heavy atom. The minimum Gasteiger partial charge on any atom is -0.488 e. The molecular formula is C18H13F2NO2S. The van der Waals surface area contributed by atoms with Crippen LogP contribution in [0.1, 0.15) is 15.2 Å². The van der Waals surface area contributed by atoms with Crippen LogP contribution in [0, 0.1) is 11.6 Å². The van der Waals surface area contributed by atoms with E-state index in [1.54, 1.807) is 35.6 Å². The van der Waals surface area contributed by atoms with Crippen LogP contribution in [0.15, 0.2) is 60.0 Å². The second-order valence-electron chi connectivity index (χ2n) is 4.97. The summed E-state index contributed by atoms with van der Waals surface area (Å²) in [5.74, 6) is -1.60. The van der Waals surface area contributed by atoms with Crippen LogP contribution in [0.3, 0.4) is 0 Å². The molecule has 0 spiro atoms. The molecule has 0 unspecified atom stereocenters. The molecule has 24 heavy (non-hydrogen) atoms. The zero-order valence-corrected chi connectivity index (χ0v) is 13.3. The molecule has 1 N–H and O–H groups in total. The fourth-order valence-electron chi connectivity index (χ4n) is 2.06. The molecule has 3 nitrogen and oxygen atoms in total. The van der Waals surface area contributed by atoms with E-state index in [9.17, 15) is 13.6 Å². The van der Waals surface area contributed by atoms with E-state index in [1.807, 2.05) is 17.5 Å². The van der Waals surface area contributed by atoms with Gasteiger partial charge in [0.1, 0.15) is 24.0 Å². The third-order valence-corrected chi connectivity index (χ3v) is 4.10. The SMILES string of the molecule is O=C(Nc1ccc(OCc2cccs2)cc1)c1ccc(F)cc1F. The van der Waals surface area contributed by atoms with Crippen molar-refractivity contribution in [3.8, 4) is 5.75 Å². The number of ether oxygens (including phenoxy) is 1. The molecule has 1 amide bonds. The molecule has 0 fully saturated rings. The molecule has 0 aliphatic carbocycles. The fraction of sp³-hybridized carbons (Fsp3) is 0.0556. The second-order valence-corrected chi connectivity index (χ2v) is 6.00. The summed E-state index contributed by atoms with van der Waals surface area (Å²) in [5.41, 5.74) is 0.279. The largest absolute Gasteiger partial charge is 0.488 e. The minimum atomic E-state index is -0.900. The molecule has 0 radical (unpaired) electrons. The molecule has 3 rings (SSSR count). The number of carbonyl (C=O) groups is 1. The van der Waals surface area contributed by atoms with Crippen molar-refractivity contribution in [2.45, 2.75) is 6.61 Å². The Bertz CT molecular complexity index is 833. The van der Waals surface area contributed by atoms with Gasteiger partial charge in [0.15, 0.2) is 0 Å². The van der Waals surface area contributed by atoms with E-state index in [4.69, 9.17) is 4.74 Å². The minimum absolute atomic E-state index is 0.213. The van der Waals surface area contributed by atoms with E-state index in [0.717, 1.165) is 17.0 Å². The lowest BCUT2D eigenvalue weighted by molar-refractivity contribution is 0.102. The Morgan fingerprint density at radius 1 is 1.08 bits per heavy atom. The van der Waals surface area contributed by atoms with Gasteiger partial charge in [0.25, 0.3) is 5.91 Å². The van der Waals surface area contributed by atoms with E-state index in [-0.39, 0.29) is 5.56 Å². The molecule has 0 aliphatic heterocycles. The van der Waals surface area contributed by atoms with Crippen molar-refractivity contribution in [3.05, 3.63) is 82.1 Å². The lowest BCUT2D eigenvalue weighted by atomic mass is 10.2. The van der Waals surface area contributed by atoms with E-state index in [1.165, 1.54) is 0 Å². The van der Waals surface area contributed by atoms with Crippen molar-refractivity contribution < 1.29 is 18.3 Å². The van der Waals surface area contributed by atoms with Gasteiger partial charge in [-0.05, 0) is 47.8 Å². The second kappa shape index (κ2) is 7.23. The molecule has 122 valence electrons. The first-order valence-electron chi connectivity index (χ1n) is 7.13. The molecule has 0 atom stereocenters. The van der Waals surface area contributed by atoms with Gasteiger partial charge in [-0.1, -0.05) is 6.07 Å². The van der Waals surface area contributed by atoms with Gasteiger partial charge in [0, 0.05) is 16.6 Å². The van der Waals surface area contributed by atoms with Gasteiger partial charge in [-0.3, -0.25) is 4.79 Å². The number of benzene rings is 2.